The molecule has 1 N–H and O–H groups in total. The average Bonchev–Trinajstić information content (AvgIpc) is 2.67. The molecule has 0 bridgehead atoms. The van der Waals surface area contributed by atoms with Crippen LogP contribution < -0.4 is 5.32 Å². The number of thioether (sulfide) groups is 1. The topological polar surface area (TPSA) is 15.3 Å². The summed E-state index contributed by atoms with van der Waals surface area (Å²) in [7, 11) is 2.18. The van der Waals surface area contributed by atoms with Crippen LogP contribution in [0.5, 0.6) is 0 Å². The molecule has 14 heavy (non-hydrogen) atoms. The number of hydrogen-bond donors (Lipinski definition) is 1. The maximum absolute atomic E-state index is 3.63. The Balaban J connectivity index is 2.04. The maximum atomic E-state index is 3.63. The van der Waals surface area contributed by atoms with E-state index in [4.69, 9.17) is 0 Å². The lowest BCUT2D eigenvalue weighted by Gasteiger charge is -2.22. The molecule has 0 aromatic rings. The lowest BCUT2D eigenvalue weighted by Crippen LogP contribution is -2.39. The fourth-order valence-electron chi connectivity index (χ4n) is 1.80. The zero-order valence-electron chi connectivity index (χ0n) is 9.75. The highest BCUT2D eigenvalue weighted by Gasteiger charge is 2.16. The summed E-state index contributed by atoms with van der Waals surface area (Å²) in [5.41, 5.74) is 0. The molecule has 0 aliphatic carbocycles. The first-order valence-electron chi connectivity index (χ1n) is 5.76. The van der Waals surface area contributed by atoms with Crippen LogP contribution in [0.4, 0.5) is 0 Å². The third-order valence-electron chi connectivity index (χ3n) is 2.84. The molecule has 1 aliphatic rings. The van der Waals surface area contributed by atoms with E-state index < -0.39 is 0 Å². The highest BCUT2D eigenvalue weighted by atomic mass is 32.2. The number of rotatable bonds is 6. The Hall–Kier alpha value is 0.270. The lowest BCUT2D eigenvalue weighted by atomic mass is 10.2. The quantitative estimate of drug-likeness (QED) is 0.729. The van der Waals surface area contributed by atoms with Crippen molar-refractivity contribution in [2.45, 2.75) is 38.0 Å². The van der Waals surface area contributed by atoms with Gasteiger partial charge in [0.05, 0.1) is 0 Å². The van der Waals surface area contributed by atoms with E-state index in [9.17, 15) is 0 Å². The van der Waals surface area contributed by atoms with E-state index in [1.807, 2.05) is 0 Å². The molecular formula is C11H24N2S. The van der Waals surface area contributed by atoms with Crippen LogP contribution in [0.3, 0.4) is 0 Å². The molecule has 0 amide bonds. The fourth-order valence-corrected chi connectivity index (χ4v) is 3.01. The predicted molar refractivity (Wildman–Crippen MR) is 66.1 cm³/mol. The van der Waals surface area contributed by atoms with Gasteiger partial charge in [0, 0.05) is 24.4 Å². The van der Waals surface area contributed by atoms with Crippen LogP contribution in [0.25, 0.3) is 0 Å². The molecule has 0 aromatic heterocycles. The zero-order valence-corrected chi connectivity index (χ0v) is 10.6. The molecule has 1 fully saturated rings. The van der Waals surface area contributed by atoms with E-state index >= 15 is 0 Å². The van der Waals surface area contributed by atoms with E-state index in [0.29, 0.717) is 6.04 Å². The standard InChI is InChI=1S/C11H24N2S/c1-4-13(3)9-10(2)12-8-11-6-5-7-14-11/h10-12H,4-9H2,1-3H3. The van der Waals surface area contributed by atoms with Gasteiger partial charge in [-0.2, -0.15) is 11.8 Å². The second kappa shape index (κ2) is 6.70. The number of likely N-dealkylation sites (N-methyl/N-ethyl adjacent to an activating group) is 1. The Kier molecular flexibility index (Phi) is 5.90. The number of hydrogen-bond acceptors (Lipinski definition) is 3. The van der Waals surface area contributed by atoms with E-state index in [-0.39, 0.29) is 0 Å². The average molecular weight is 216 g/mol. The maximum Gasteiger partial charge on any atom is 0.0172 e. The molecule has 1 rings (SSSR count). The minimum absolute atomic E-state index is 0.626. The van der Waals surface area contributed by atoms with Crippen molar-refractivity contribution in [3.05, 3.63) is 0 Å². The monoisotopic (exact) mass is 216 g/mol. The molecule has 3 heteroatoms. The van der Waals surface area contributed by atoms with Crippen molar-refractivity contribution in [3.8, 4) is 0 Å². The molecular weight excluding hydrogens is 192 g/mol. The van der Waals surface area contributed by atoms with Gasteiger partial charge in [0.25, 0.3) is 0 Å². The van der Waals surface area contributed by atoms with Gasteiger partial charge in [0.2, 0.25) is 0 Å². The van der Waals surface area contributed by atoms with Crippen molar-refractivity contribution in [1.29, 1.82) is 0 Å². The highest BCUT2D eigenvalue weighted by molar-refractivity contribution is 8.00. The van der Waals surface area contributed by atoms with Crippen molar-refractivity contribution in [2.75, 3.05) is 32.4 Å². The fraction of sp³-hybridized carbons (Fsp3) is 1.00. The SMILES string of the molecule is CCN(C)CC(C)NCC1CCCS1. The summed E-state index contributed by atoms with van der Waals surface area (Å²) in [4.78, 5) is 2.36. The molecule has 0 radical (unpaired) electrons. The summed E-state index contributed by atoms with van der Waals surface area (Å²) in [5.74, 6) is 1.37. The van der Waals surface area contributed by atoms with Crippen molar-refractivity contribution in [1.82, 2.24) is 10.2 Å². The summed E-state index contributed by atoms with van der Waals surface area (Å²) in [6.45, 7) is 7.99. The van der Waals surface area contributed by atoms with Gasteiger partial charge in [0.1, 0.15) is 0 Å². The molecule has 1 heterocycles. The highest BCUT2D eigenvalue weighted by Crippen LogP contribution is 2.25. The Morgan fingerprint density at radius 1 is 1.57 bits per heavy atom. The van der Waals surface area contributed by atoms with Crippen LogP contribution in [0.1, 0.15) is 26.7 Å². The van der Waals surface area contributed by atoms with E-state index in [1.54, 1.807) is 0 Å². The number of nitrogens with zero attached hydrogens (tertiary/aromatic N) is 1. The molecule has 2 atom stereocenters. The minimum atomic E-state index is 0.626. The normalized spacial score (nSPS) is 24.4. The summed E-state index contributed by atoms with van der Waals surface area (Å²) in [6, 6.07) is 0.626. The number of nitrogens with one attached hydrogen (secondary N) is 1. The Bertz CT molecular complexity index is 146. The van der Waals surface area contributed by atoms with E-state index in [2.05, 4.69) is 42.9 Å². The van der Waals surface area contributed by atoms with Gasteiger partial charge >= 0.3 is 0 Å². The van der Waals surface area contributed by atoms with Gasteiger partial charge in [-0.15, -0.1) is 0 Å². The van der Waals surface area contributed by atoms with Gasteiger partial charge in [-0.1, -0.05) is 6.92 Å². The Labute approximate surface area is 92.8 Å². The van der Waals surface area contributed by atoms with Crippen LogP contribution in [0.15, 0.2) is 0 Å². The van der Waals surface area contributed by atoms with Crippen molar-refractivity contribution in [2.24, 2.45) is 0 Å². The van der Waals surface area contributed by atoms with Crippen LogP contribution in [-0.4, -0.2) is 48.6 Å². The molecule has 2 unspecified atom stereocenters. The second-order valence-electron chi connectivity index (χ2n) is 4.30. The van der Waals surface area contributed by atoms with E-state index in [1.165, 1.54) is 25.1 Å². The first-order chi connectivity index (χ1) is 6.72. The Morgan fingerprint density at radius 3 is 2.93 bits per heavy atom. The van der Waals surface area contributed by atoms with Gasteiger partial charge in [-0.25, -0.2) is 0 Å². The van der Waals surface area contributed by atoms with Crippen molar-refractivity contribution >= 4 is 11.8 Å². The van der Waals surface area contributed by atoms with Crippen LogP contribution in [0, 0.1) is 0 Å². The minimum Gasteiger partial charge on any atom is -0.312 e. The molecule has 84 valence electrons. The lowest BCUT2D eigenvalue weighted by molar-refractivity contribution is 0.310. The van der Waals surface area contributed by atoms with Crippen LogP contribution in [0.2, 0.25) is 0 Å². The van der Waals surface area contributed by atoms with Gasteiger partial charge in [-0.3, -0.25) is 0 Å². The second-order valence-corrected chi connectivity index (χ2v) is 5.71. The van der Waals surface area contributed by atoms with Crippen molar-refractivity contribution < 1.29 is 0 Å². The van der Waals surface area contributed by atoms with Gasteiger partial charge in [0.15, 0.2) is 0 Å². The first-order valence-corrected chi connectivity index (χ1v) is 6.80. The smallest absolute Gasteiger partial charge is 0.0172 e. The summed E-state index contributed by atoms with van der Waals surface area (Å²) >= 11 is 2.13. The summed E-state index contributed by atoms with van der Waals surface area (Å²) in [6.07, 6.45) is 2.83. The first kappa shape index (κ1) is 12.3. The van der Waals surface area contributed by atoms with Crippen molar-refractivity contribution in [3.63, 3.8) is 0 Å². The molecule has 0 saturated carbocycles. The molecule has 1 aliphatic heterocycles. The summed E-state index contributed by atoms with van der Waals surface area (Å²) in [5, 5.41) is 4.51. The largest absolute Gasteiger partial charge is 0.312 e. The predicted octanol–water partition coefficient (Wildman–Crippen LogP) is 1.81. The molecule has 2 nitrogen and oxygen atoms in total. The Morgan fingerprint density at radius 2 is 2.36 bits per heavy atom. The zero-order chi connectivity index (χ0) is 10.4. The van der Waals surface area contributed by atoms with Crippen LogP contribution >= 0.6 is 11.8 Å². The molecule has 0 aromatic carbocycles. The van der Waals surface area contributed by atoms with E-state index in [0.717, 1.165) is 18.3 Å². The third kappa shape index (κ3) is 4.67. The molecule has 0 spiro atoms. The van der Waals surface area contributed by atoms with Gasteiger partial charge in [-0.05, 0) is 39.1 Å². The van der Waals surface area contributed by atoms with Gasteiger partial charge < -0.3 is 10.2 Å². The summed E-state index contributed by atoms with van der Waals surface area (Å²) < 4.78 is 0. The van der Waals surface area contributed by atoms with Crippen LogP contribution in [-0.2, 0) is 0 Å². The third-order valence-corrected chi connectivity index (χ3v) is 4.24. The molecule has 1 saturated heterocycles.